The maximum absolute atomic E-state index is 12.8. The van der Waals surface area contributed by atoms with Crippen molar-refractivity contribution in [3.63, 3.8) is 0 Å². The summed E-state index contributed by atoms with van der Waals surface area (Å²) in [4.78, 5) is 12.7. The van der Waals surface area contributed by atoms with E-state index in [-0.39, 0.29) is 24.1 Å². The molecule has 0 bridgehead atoms. The predicted octanol–water partition coefficient (Wildman–Crippen LogP) is 3.38. The van der Waals surface area contributed by atoms with Crippen molar-refractivity contribution in [1.82, 2.24) is 9.62 Å². The molecule has 1 aliphatic rings. The van der Waals surface area contributed by atoms with Crippen LogP contribution in [-0.4, -0.2) is 44.1 Å². The van der Waals surface area contributed by atoms with Gasteiger partial charge in [0.15, 0.2) is 0 Å². The molecule has 168 valence electrons. The van der Waals surface area contributed by atoms with E-state index < -0.39 is 10.0 Å². The number of ether oxygens (including phenoxy) is 1. The molecule has 2 aromatic carbocycles. The van der Waals surface area contributed by atoms with E-state index in [0.29, 0.717) is 39.0 Å². The third-order valence-corrected chi connectivity index (χ3v) is 7.46. The lowest BCUT2D eigenvalue weighted by Crippen LogP contribution is -2.46. The number of nitrogens with zero attached hydrogens (tertiary/aromatic N) is 1. The van der Waals surface area contributed by atoms with E-state index in [0.717, 1.165) is 23.3 Å². The van der Waals surface area contributed by atoms with E-state index in [1.165, 1.54) is 4.31 Å². The Labute approximate surface area is 185 Å². The fraction of sp³-hybridized carbons (Fsp3) is 0.458. The summed E-state index contributed by atoms with van der Waals surface area (Å²) in [6, 6.07) is 17.5. The molecule has 1 atom stereocenters. The number of carbonyl (C=O) groups excluding carboxylic acids is 1. The first kappa shape index (κ1) is 23.3. The molecule has 2 aromatic rings. The number of hydrogen-bond acceptors (Lipinski definition) is 4. The molecule has 1 fully saturated rings. The standard InChI is InChI=1S/C24H32N2O4S/c1-2-30-23-14-6-11-21(17-23)18-25-24(27)22-13-7-15-26(19-22)31(28,29)16-8-12-20-9-4-3-5-10-20/h3-6,9-11,14,17,22H,2,7-8,12-13,15-16,18-19H2,1H3,(H,25,27). The minimum Gasteiger partial charge on any atom is -0.494 e. The van der Waals surface area contributed by atoms with Crippen LogP contribution in [0.1, 0.15) is 37.3 Å². The maximum atomic E-state index is 12.8. The molecule has 0 aliphatic carbocycles. The van der Waals surface area contributed by atoms with E-state index in [9.17, 15) is 13.2 Å². The van der Waals surface area contributed by atoms with E-state index in [4.69, 9.17) is 4.74 Å². The van der Waals surface area contributed by atoms with Crippen molar-refractivity contribution in [1.29, 1.82) is 0 Å². The largest absolute Gasteiger partial charge is 0.494 e. The van der Waals surface area contributed by atoms with E-state index in [1.807, 2.05) is 61.5 Å². The fourth-order valence-corrected chi connectivity index (χ4v) is 5.47. The number of piperidine rings is 1. The first-order chi connectivity index (χ1) is 15.0. The second kappa shape index (κ2) is 11.3. The van der Waals surface area contributed by atoms with Crippen LogP contribution in [0.25, 0.3) is 0 Å². The number of nitrogens with one attached hydrogen (secondary N) is 1. The summed E-state index contributed by atoms with van der Waals surface area (Å²) in [7, 11) is -3.36. The third kappa shape index (κ3) is 7.08. The predicted molar refractivity (Wildman–Crippen MR) is 122 cm³/mol. The van der Waals surface area contributed by atoms with Crippen molar-refractivity contribution in [2.75, 3.05) is 25.4 Å². The summed E-state index contributed by atoms with van der Waals surface area (Å²) in [5, 5.41) is 2.96. The van der Waals surface area contributed by atoms with Gasteiger partial charge in [-0.1, -0.05) is 42.5 Å². The zero-order valence-electron chi connectivity index (χ0n) is 18.1. The summed E-state index contributed by atoms with van der Waals surface area (Å²) in [6.45, 7) is 3.68. The van der Waals surface area contributed by atoms with E-state index >= 15 is 0 Å². The topological polar surface area (TPSA) is 75.7 Å². The molecule has 1 amide bonds. The Kier molecular flexibility index (Phi) is 8.49. The molecule has 3 rings (SSSR count). The highest BCUT2D eigenvalue weighted by Gasteiger charge is 2.31. The fourth-order valence-electron chi connectivity index (χ4n) is 3.89. The van der Waals surface area contributed by atoms with Gasteiger partial charge < -0.3 is 10.1 Å². The van der Waals surface area contributed by atoms with Crippen molar-refractivity contribution < 1.29 is 17.9 Å². The van der Waals surface area contributed by atoms with Gasteiger partial charge in [0.1, 0.15) is 5.75 Å². The number of benzene rings is 2. The first-order valence-electron chi connectivity index (χ1n) is 11.0. The number of amides is 1. The van der Waals surface area contributed by atoms with Gasteiger partial charge in [0.25, 0.3) is 0 Å². The Bertz CT molecular complexity index is 947. The smallest absolute Gasteiger partial charge is 0.224 e. The first-order valence-corrected chi connectivity index (χ1v) is 12.6. The lowest BCUT2D eigenvalue weighted by Gasteiger charge is -2.31. The van der Waals surface area contributed by atoms with Gasteiger partial charge in [0.2, 0.25) is 15.9 Å². The van der Waals surface area contributed by atoms with Crippen LogP contribution in [0.3, 0.4) is 0 Å². The minimum absolute atomic E-state index is 0.0917. The SMILES string of the molecule is CCOc1cccc(CNC(=O)C2CCCN(S(=O)(=O)CCCc3ccccc3)C2)c1. The van der Waals surface area contributed by atoms with Crippen molar-refractivity contribution in [2.24, 2.45) is 5.92 Å². The summed E-state index contributed by atoms with van der Waals surface area (Å²) in [5.74, 6) is 0.485. The summed E-state index contributed by atoms with van der Waals surface area (Å²) >= 11 is 0. The molecule has 1 N–H and O–H groups in total. The highest BCUT2D eigenvalue weighted by Crippen LogP contribution is 2.21. The molecule has 7 heteroatoms. The molecular formula is C24H32N2O4S. The second-order valence-electron chi connectivity index (χ2n) is 7.90. The third-order valence-electron chi connectivity index (χ3n) is 5.54. The lowest BCUT2D eigenvalue weighted by atomic mass is 9.99. The normalized spacial score (nSPS) is 17.3. The van der Waals surface area contributed by atoms with Crippen LogP contribution in [-0.2, 0) is 27.8 Å². The van der Waals surface area contributed by atoms with Gasteiger partial charge in [-0.3, -0.25) is 4.79 Å². The highest BCUT2D eigenvalue weighted by molar-refractivity contribution is 7.89. The van der Waals surface area contributed by atoms with Crippen molar-refractivity contribution >= 4 is 15.9 Å². The summed E-state index contributed by atoms with van der Waals surface area (Å²) in [6.07, 6.45) is 2.73. The minimum atomic E-state index is -3.36. The number of carbonyl (C=O) groups is 1. The van der Waals surface area contributed by atoms with Gasteiger partial charge in [0, 0.05) is 19.6 Å². The van der Waals surface area contributed by atoms with Crippen LogP contribution < -0.4 is 10.1 Å². The highest BCUT2D eigenvalue weighted by atomic mass is 32.2. The number of rotatable bonds is 10. The Morgan fingerprint density at radius 1 is 1.13 bits per heavy atom. The average Bonchev–Trinajstić information content (AvgIpc) is 2.79. The molecule has 6 nitrogen and oxygen atoms in total. The van der Waals surface area contributed by atoms with Gasteiger partial charge in [-0.05, 0) is 55.9 Å². The number of aryl methyl sites for hydroxylation is 1. The number of hydrogen-bond donors (Lipinski definition) is 1. The van der Waals surface area contributed by atoms with Crippen LogP contribution in [0, 0.1) is 5.92 Å². The zero-order chi connectivity index (χ0) is 22.1. The van der Waals surface area contributed by atoms with Crippen LogP contribution in [0.2, 0.25) is 0 Å². The number of sulfonamides is 1. The molecule has 1 heterocycles. The van der Waals surface area contributed by atoms with Gasteiger partial charge in [-0.2, -0.15) is 0 Å². The van der Waals surface area contributed by atoms with Gasteiger partial charge in [0.05, 0.1) is 18.3 Å². The van der Waals surface area contributed by atoms with Crippen LogP contribution in [0.15, 0.2) is 54.6 Å². The van der Waals surface area contributed by atoms with E-state index in [1.54, 1.807) is 0 Å². The molecule has 0 spiro atoms. The Hall–Kier alpha value is -2.38. The van der Waals surface area contributed by atoms with E-state index in [2.05, 4.69) is 5.32 Å². The molecule has 1 unspecified atom stereocenters. The molecule has 0 aromatic heterocycles. The summed E-state index contributed by atoms with van der Waals surface area (Å²) in [5.41, 5.74) is 2.10. The van der Waals surface area contributed by atoms with Gasteiger partial charge >= 0.3 is 0 Å². The monoisotopic (exact) mass is 444 g/mol. The molecule has 0 saturated carbocycles. The quantitative estimate of drug-likeness (QED) is 0.610. The van der Waals surface area contributed by atoms with Crippen molar-refractivity contribution in [2.45, 2.75) is 39.2 Å². The molecule has 31 heavy (non-hydrogen) atoms. The van der Waals surface area contributed by atoms with Crippen LogP contribution >= 0.6 is 0 Å². The zero-order valence-corrected chi connectivity index (χ0v) is 18.9. The Morgan fingerprint density at radius 2 is 1.90 bits per heavy atom. The maximum Gasteiger partial charge on any atom is 0.224 e. The van der Waals surface area contributed by atoms with Crippen LogP contribution in [0.5, 0.6) is 5.75 Å². The second-order valence-corrected chi connectivity index (χ2v) is 9.99. The molecule has 1 saturated heterocycles. The Balaban J connectivity index is 1.49. The van der Waals surface area contributed by atoms with Gasteiger partial charge in [-0.25, -0.2) is 12.7 Å². The van der Waals surface area contributed by atoms with Crippen LogP contribution in [0.4, 0.5) is 0 Å². The molecule has 0 radical (unpaired) electrons. The summed E-state index contributed by atoms with van der Waals surface area (Å²) < 4.78 is 32.6. The average molecular weight is 445 g/mol. The lowest BCUT2D eigenvalue weighted by molar-refractivity contribution is -0.126. The van der Waals surface area contributed by atoms with Crippen molar-refractivity contribution in [3.05, 3.63) is 65.7 Å². The molecular weight excluding hydrogens is 412 g/mol. The van der Waals surface area contributed by atoms with Crippen molar-refractivity contribution in [3.8, 4) is 5.75 Å². The molecule has 1 aliphatic heterocycles. The van der Waals surface area contributed by atoms with Gasteiger partial charge in [-0.15, -0.1) is 0 Å². The Morgan fingerprint density at radius 3 is 2.68 bits per heavy atom.